The summed E-state index contributed by atoms with van der Waals surface area (Å²) < 4.78 is 0.547. The van der Waals surface area contributed by atoms with Crippen LogP contribution < -0.4 is 5.32 Å². The van der Waals surface area contributed by atoms with Crippen LogP contribution in [0.25, 0.3) is 6.08 Å². The molecule has 2 aromatic carbocycles. The van der Waals surface area contributed by atoms with E-state index >= 15 is 0 Å². The van der Waals surface area contributed by atoms with Gasteiger partial charge in [-0.1, -0.05) is 72.9 Å². The molecule has 0 unspecified atom stereocenters. The lowest BCUT2D eigenvalue weighted by Gasteiger charge is -2.14. The van der Waals surface area contributed by atoms with Gasteiger partial charge in [0, 0.05) is 18.7 Å². The molecule has 6 heteroatoms. The molecule has 1 aliphatic heterocycles. The maximum Gasteiger partial charge on any atom is 0.266 e. The molecular formula is C24H26N2O2S2. The lowest BCUT2D eigenvalue weighted by molar-refractivity contribution is -0.122. The SMILES string of the molecule is CCc1ccc(C=C2SC(=S)N(CCCC(=O)Nc3ccc(C)cc3C)C2=O)cc1. The summed E-state index contributed by atoms with van der Waals surface area (Å²) in [6.07, 6.45) is 3.76. The van der Waals surface area contributed by atoms with Gasteiger partial charge in [-0.05, 0) is 55.5 Å². The molecule has 1 heterocycles. The number of carbonyl (C=O) groups excluding carboxylic acids is 2. The van der Waals surface area contributed by atoms with Gasteiger partial charge in [0.05, 0.1) is 4.91 Å². The molecule has 0 aliphatic carbocycles. The summed E-state index contributed by atoms with van der Waals surface area (Å²) in [6, 6.07) is 14.1. The first kappa shape index (κ1) is 22.2. The van der Waals surface area contributed by atoms with E-state index in [1.807, 2.05) is 50.3 Å². The maximum absolute atomic E-state index is 12.7. The monoisotopic (exact) mass is 438 g/mol. The second-order valence-electron chi connectivity index (χ2n) is 7.40. The number of amides is 2. The first-order chi connectivity index (χ1) is 14.4. The average molecular weight is 439 g/mol. The van der Waals surface area contributed by atoms with Crippen molar-refractivity contribution in [1.82, 2.24) is 4.90 Å². The minimum atomic E-state index is -0.0839. The molecule has 4 nitrogen and oxygen atoms in total. The zero-order valence-electron chi connectivity index (χ0n) is 17.5. The Kier molecular flexibility index (Phi) is 7.45. The molecule has 156 valence electrons. The molecule has 1 N–H and O–H groups in total. The molecule has 1 saturated heterocycles. The van der Waals surface area contributed by atoms with E-state index in [-0.39, 0.29) is 11.8 Å². The lowest BCUT2D eigenvalue weighted by Crippen LogP contribution is -2.29. The molecular weight excluding hydrogens is 412 g/mol. The van der Waals surface area contributed by atoms with Gasteiger partial charge in [0.1, 0.15) is 4.32 Å². The highest BCUT2D eigenvalue weighted by Gasteiger charge is 2.31. The summed E-state index contributed by atoms with van der Waals surface area (Å²) in [4.78, 5) is 27.2. The molecule has 0 radical (unpaired) electrons. The third kappa shape index (κ3) is 5.58. The highest BCUT2D eigenvalue weighted by Crippen LogP contribution is 2.32. The lowest BCUT2D eigenvalue weighted by atomic mass is 10.1. The predicted molar refractivity (Wildman–Crippen MR) is 129 cm³/mol. The summed E-state index contributed by atoms with van der Waals surface area (Å²) in [7, 11) is 0. The van der Waals surface area contributed by atoms with Gasteiger partial charge in [-0.2, -0.15) is 0 Å². The number of nitrogens with one attached hydrogen (secondary N) is 1. The Bertz CT molecular complexity index is 997. The molecule has 3 rings (SSSR count). The fourth-order valence-corrected chi connectivity index (χ4v) is 4.57. The third-order valence-electron chi connectivity index (χ3n) is 5.00. The van der Waals surface area contributed by atoms with Crippen molar-refractivity contribution in [2.45, 2.75) is 40.0 Å². The van der Waals surface area contributed by atoms with E-state index in [0.717, 1.165) is 28.8 Å². The molecule has 0 spiro atoms. The van der Waals surface area contributed by atoms with Crippen LogP contribution in [0.5, 0.6) is 0 Å². The van der Waals surface area contributed by atoms with Gasteiger partial charge >= 0.3 is 0 Å². The first-order valence-electron chi connectivity index (χ1n) is 10.1. The number of nitrogens with zero attached hydrogens (tertiary/aromatic N) is 1. The molecule has 0 aromatic heterocycles. The van der Waals surface area contributed by atoms with Crippen LogP contribution in [0.4, 0.5) is 5.69 Å². The van der Waals surface area contributed by atoms with Crippen molar-refractivity contribution >= 4 is 51.9 Å². The van der Waals surface area contributed by atoms with Gasteiger partial charge in [-0.15, -0.1) is 0 Å². The summed E-state index contributed by atoms with van der Waals surface area (Å²) in [5, 5.41) is 2.94. The van der Waals surface area contributed by atoms with Crippen LogP contribution in [0.1, 0.15) is 42.0 Å². The second kappa shape index (κ2) is 10.0. The molecule has 1 fully saturated rings. The largest absolute Gasteiger partial charge is 0.326 e. The number of thiocarbonyl (C=S) groups is 1. The Hall–Kier alpha value is -2.44. The minimum Gasteiger partial charge on any atom is -0.326 e. The Balaban J connectivity index is 1.54. The zero-order valence-corrected chi connectivity index (χ0v) is 19.2. The van der Waals surface area contributed by atoms with Crippen LogP contribution in [-0.2, 0) is 16.0 Å². The van der Waals surface area contributed by atoms with Gasteiger partial charge < -0.3 is 5.32 Å². The van der Waals surface area contributed by atoms with Crippen LogP contribution in [0.3, 0.4) is 0 Å². The number of anilines is 1. The van der Waals surface area contributed by atoms with Crippen LogP contribution in [0.15, 0.2) is 47.4 Å². The Morgan fingerprint density at radius 1 is 1.17 bits per heavy atom. The summed E-state index contributed by atoms with van der Waals surface area (Å²) >= 11 is 6.71. The molecule has 0 atom stereocenters. The van der Waals surface area contributed by atoms with Crippen molar-refractivity contribution in [3.05, 3.63) is 69.6 Å². The van der Waals surface area contributed by atoms with Crippen molar-refractivity contribution in [3.8, 4) is 0 Å². The molecule has 0 bridgehead atoms. The van der Waals surface area contributed by atoms with Crippen molar-refractivity contribution in [3.63, 3.8) is 0 Å². The van der Waals surface area contributed by atoms with Gasteiger partial charge in [-0.25, -0.2) is 0 Å². The van der Waals surface area contributed by atoms with Crippen molar-refractivity contribution in [2.24, 2.45) is 0 Å². The number of hydrogen-bond acceptors (Lipinski definition) is 4. The smallest absolute Gasteiger partial charge is 0.266 e. The van der Waals surface area contributed by atoms with Gasteiger partial charge in [-0.3, -0.25) is 14.5 Å². The first-order valence-corrected chi connectivity index (χ1v) is 11.3. The van der Waals surface area contributed by atoms with E-state index in [4.69, 9.17) is 12.2 Å². The second-order valence-corrected chi connectivity index (χ2v) is 9.07. The predicted octanol–water partition coefficient (Wildman–Crippen LogP) is 5.49. The molecule has 2 amide bonds. The van der Waals surface area contributed by atoms with Gasteiger partial charge in [0.2, 0.25) is 5.91 Å². The van der Waals surface area contributed by atoms with Crippen LogP contribution >= 0.6 is 24.0 Å². The standard InChI is InChI=1S/C24H26N2O2S2/c1-4-18-8-10-19(11-9-18)15-21-23(28)26(24(29)30-21)13-5-6-22(27)25-20-12-7-16(2)14-17(20)3/h7-12,14-15H,4-6,13H2,1-3H3,(H,25,27). The fourth-order valence-electron chi connectivity index (χ4n) is 3.26. The van der Waals surface area contributed by atoms with Crippen molar-refractivity contribution < 1.29 is 9.59 Å². The summed E-state index contributed by atoms with van der Waals surface area (Å²) in [5.74, 6) is -0.140. The van der Waals surface area contributed by atoms with E-state index < -0.39 is 0 Å². The van der Waals surface area contributed by atoms with Crippen LogP contribution in [0.2, 0.25) is 0 Å². The quantitative estimate of drug-likeness (QED) is 0.459. The van der Waals surface area contributed by atoms with E-state index in [9.17, 15) is 9.59 Å². The number of thioether (sulfide) groups is 1. The van der Waals surface area contributed by atoms with E-state index in [1.54, 1.807) is 4.90 Å². The highest BCUT2D eigenvalue weighted by atomic mass is 32.2. The van der Waals surface area contributed by atoms with Gasteiger partial charge in [0.25, 0.3) is 5.91 Å². The van der Waals surface area contributed by atoms with Crippen molar-refractivity contribution in [2.75, 3.05) is 11.9 Å². The number of carbonyl (C=O) groups is 2. The molecule has 2 aromatic rings. The average Bonchev–Trinajstić information content (AvgIpc) is 2.98. The maximum atomic E-state index is 12.7. The normalized spacial score (nSPS) is 15.2. The third-order valence-corrected chi connectivity index (χ3v) is 6.38. The molecule has 30 heavy (non-hydrogen) atoms. The van der Waals surface area contributed by atoms with E-state index in [2.05, 4.69) is 24.4 Å². The summed E-state index contributed by atoms with van der Waals surface area (Å²) in [6.45, 7) is 6.56. The van der Waals surface area contributed by atoms with E-state index in [0.29, 0.717) is 28.6 Å². The zero-order chi connectivity index (χ0) is 21.7. The minimum absolute atomic E-state index is 0.0565. The van der Waals surface area contributed by atoms with Gasteiger partial charge in [0.15, 0.2) is 0 Å². The Morgan fingerprint density at radius 3 is 2.57 bits per heavy atom. The molecule has 0 saturated carbocycles. The number of rotatable bonds is 7. The molecule has 1 aliphatic rings. The number of aryl methyl sites for hydroxylation is 3. The van der Waals surface area contributed by atoms with Crippen LogP contribution in [0, 0.1) is 13.8 Å². The van der Waals surface area contributed by atoms with E-state index in [1.165, 1.54) is 17.3 Å². The fraction of sp³-hybridized carbons (Fsp3) is 0.292. The number of benzene rings is 2. The Morgan fingerprint density at radius 2 is 1.90 bits per heavy atom. The highest BCUT2D eigenvalue weighted by molar-refractivity contribution is 8.26. The van der Waals surface area contributed by atoms with Crippen molar-refractivity contribution in [1.29, 1.82) is 0 Å². The van der Waals surface area contributed by atoms with Crippen LogP contribution in [-0.4, -0.2) is 27.6 Å². The Labute approximate surface area is 187 Å². The number of hydrogen-bond donors (Lipinski definition) is 1. The topological polar surface area (TPSA) is 49.4 Å². The summed E-state index contributed by atoms with van der Waals surface area (Å²) in [5.41, 5.74) is 5.28.